The number of rotatable bonds is 9. The van der Waals surface area contributed by atoms with Crippen LogP contribution in [0.1, 0.15) is 48.4 Å². The Hall–Kier alpha value is -2.61. The molecular weight excluding hydrogens is 500 g/mol. The van der Waals surface area contributed by atoms with Crippen LogP contribution in [0.15, 0.2) is 24.4 Å². The molecule has 2 aliphatic rings. The molecule has 38 heavy (non-hydrogen) atoms. The van der Waals surface area contributed by atoms with Gasteiger partial charge in [-0.3, -0.25) is 15.1 Å². The Morgan fingerprint density at radius 1 is 1.21 bits per heavy atom. The molecule has 1 unspecified atom stereocenters. The molecule has 0 radical (unpaired) electrons. The van der Waals surface area contributed by atoms with E-state index in [1.54, 1.807) is 0 Å². The number of carbonyl (C=O) groups excluding carboxylic acids is 1. The van der Waals surface area contributed by atoms with Crippen LogP contribution in [0.5, 0.6) is 0 Å². The second kappa shape index (κ2) is 13.5. The summed E-state index contributed by atoms with van der Waals surface area (Å²) in [5.41, 5.74) is 8.24. The lowest BCUT2D eigenvalue weighted by atomic mass is 9.97. The van der Waals surface area contributed by atoms with Crippen LogP contribution in [0, 0.1) is 23.2 Å². The average Bonchev–Trinajstić information content (AvgIpc) is 2.90. The van der Waals surface area contributed by atoms with E-state index in [0.717, 1.165) is 44.2 Å². The highest BCUT2D eigenvalue weighted by molar-refractivity contribution is 6.33. The SMILES string of the molecule is CC(C)CNNC(=O)c1ccc(CN2CCN(CC3CCCN(C)C3)CC2)cc1-c1nc(C#N)ncc1Cl. The minimum absolute atomic E-state index is 0.0133. The summed E-state index contributed by atoms with van der Waals surface area (Å²) in [7, 11) is 2.23. The van der Waals surface area contributed by atoms with E-state index in [1.165, 1.54) is 38.7 Å². The summed E-state index contributed by atoms with van der Waals surface area (Å²) in [6.45, 7) is 13.3. The molecule has 0 saturated carbocycles. The van der Waals surface area contributed by atoms with Gasteiger partial charge >= 0.3 is 0 Å². The number of piperidine rings is 1. The number of hydrogen-bond donors (Lipinski definition) is 2. The highest BCUT2D eigenvalue weighted by Crippen LogP contribution is 2.30. The molecule has 10 heteroatoms. The molecule has 1 atom stereocenters. The number of halogens is 1. The Labute approximate surface area is 231 Å². The number of aromatic nitrogens is 2. The van der Waals surface area contributed by atoms with Crippen molar-refractivity contribution in [2.75, 3.05) is 59.4 Å². The fourth-order valence-corrected chi connectivity index (χ4v) is 5.46. The molecule has 4 rings (SSSR count). The Morgan fingerprint density at radius 3 is 2.68 bits per heavy atom. The Bertz CT molecular complexity index is 1140. The molecule has 3 heterocycles. The number of nitrogens with zero attached hydrogens (tertiary/aromatic N) is 6. The molecule has 0 spiro atoms. The number of carbonyl (C=O) groups is 1. The predicted molar refractivity (Wildman–Crippen MR) is 149 cm³/mol. The summed E-state index contributed by atoms with van der Waals surface area (Å²) in [6.07, 6.45) is 4.05. The highest BCUT2D eigenvalue weighted by atomic mass is 35.5. The Kier molecular flexibility index (Phi) is 10.1. The van der Waals surface area contributed by atoms with E-state index < -0.39 is 0 Å². The lowest BCUT2D eigenvalue weighted by molar-refractivity contribution is 0.0926. The van der Waals surface area contributed by atoms with E-state index in [0.29, 0.717) is 34.3 Å². The van der Waals surface area contributed by atoms with Crippen molar-refractivity contribution in [2.24, 2.45) is 11.8 Å². The van der Waals surface area contributed by atoms with Gasteiger partial charge < -0.3 is 9.80 Å². The van der Waals surface area contributed by atoms with Crippen LogP contribution in [0.2, 0.25) is 5.02 Å². The summed E-state index contributed by atoms with van der Waals surface area (Å²) in [5.74, 6) is 0.894. The molecule has 9 nitrogen and oxygen atoms in total. The van der Waals surface area contributed by atoms with E-state index in [1.807, 2.05) is 24.3 Å². The summed E-state index contributed by atoms with van der Waals surface area (Å²) in [4.78, 5) is 28.9. The molecule has 0 aliphatic carbocycles. The Morgan fingerprint density at radius 2 is 1.97 bits per heavy atom. The zero-order chi connectivity index (χ0) is 27.1. The molecule has 2 aliphatic heterocycles. The standard InChI is InChI=1S/C28H39ClN8O/c1-20(2)15-32-34-28(38)23-7-6-21(13-24(23)27-25(29)16-31-26(14-30)33-27)18-36-9-11-37(12-10-36)19-22-5-4-8-35(3)17-22/h6-7,13,16,20,22,32H,4-5,8-12,15,17-19H2,1-3H3,(H,34,38). The first kappa shape index (κ1) is 28.4. The van der Waals surface area contributed by atoms with Crippen LogP contribution in [0.25, 0.3) is 11.3 Å². The fourth-order valence-electron chi connectivity index (χ4n) is 5.27. The van der Waals surface area contributed by atoms with E-state index in [2.05, 4.69) is 56.4 Å². The number of hydrazine groups is 1. The number of nitrogens with one attached hydrogen (secondary N) is 2. The predicted octanol–water partition coefficient (Wildman–Crippen LogP) is 3.02. The van der Waals surface area contributed by atoms with Gasteiger partial charge in [-0.15, -0.1) is 0 Å². The van der Waals surface area contributed by atoms with Gasteiger partial charge in [-0.2, -0.15) is 5.26 Å². The second-order valence-corrected chi connectivity index (χ2v) is 11.4. The van der Waals surface area contributed by atoms with Crippen molar-refractivity contribution in [3.05, 3.63) is 46.4 Å². The van der Waals surface area contributed by atoms with Gasteiger partial charge in [0.25, 0.3) is 5.91 Å². The first-order valence-electron chi connectivity index (χ1n) is 13.5. The molecule has 1 aromatic carbocycles. The van der Waals surface area contributed by atoms with Crippen molar-refractivity contribution in [1.29, 1.82) is 5.26 Å². The minimum atomic E-state index is -0.276. The highest BCUT2D eigenvalue weighted by Gasteiger charge is 2.24. The van der Waals surface area contributed by atoms with Crippen molar-refractivity contribution in [1.82, 2.24) is 35.5 Å². The van der Waals surface area contributed by atoms with E-state index in [4.69, 9.17) is 11.6 Å². The summed E-state index contributed by atoms with van der Waals surface area (Å²) in [5, 5.41) is 9.63. The van der Waals surface area contributed by atoms with Crippen molar-refractivity contribution in [3.63, 3.8) is 0 Å². The maximum atomic E-state index is 13.1. The molecular formula is C28H39ClN8O. The van der Waals surface area contributed by atoms with Gasteiger partial charge in [0.1, 0.15) is 6.07 Å². The van der Waals surface area contributed by atoms with Gasteiger partial charge in [0.15, 0.2) is 0 Å². The van der Waals surface area contributed by atoms with Gasteiger partial charge in [-0.1, -0.05) is 31.5 Å². The van der Waals surface area contributed by atoms with Gasteiger partial charge in [0, 0.05) is 57.9 Å². The number of likely N-dealkylation sites (tertiary alicyclic amines) is 1. The topological polar surface area (TPSA) is 100 Å². The largest absolute Gasteiger partial charge is 0.306 e. The summed E-state index contributed by atoms with van der Waals surface area (Å²) in [6, 6.07) is 7.74. The van der Waals surface area contributed by atoms with Crippen molar-refractivity contribution >= 4 is 17.5 Å². The smallest absolute Gasteiger partial charge is 0.266 e. The fraction of sp³-hybridized carbons (Fsp3) is 0.571. The quantitative estimate of drug-likeness (QED) is 0.470. The average molecular weight is 539 g/mol. The maximum Gasteiger partial charge on any atom is 0.266 e. The van der Waals surface area contributed by atoms with Crippen LogP contribution >= 0.6 is 11.6 Å². The molecule has 1 amide bonds. The molecule has 0 bridgehead atoms. The first-order chi connectivity index (χ1) is 18.3. The summed E-state index contributed by atoms with van der Waals surface area (Å²) < 4.78 is 0. The third-order valence-corrected chi connectivity index (χ3v) is 7.53. The van der Waals surface area contributed by atoms with Gasteiger partial charge in [-0.05, 0) is 56.0 Å². The van der Waals surface area contributed by atoms with Crippen LogP contribution in [0.4, 0.5) is 0 Å². The van der Waals surface area contributed by atoms with E-state index in [9.17, 15) is 10.1 Å². The van der Waals surface area contributed by atoms with Gasteiger partial charge in [-0.25, -0.2) is 15.4 Å². The zero-order valence-electron chi connectivity index (χ0n) is 22.7. The minimum Gasteiger partial charge on any atom is -0.306 e. The van der Waals surface area contributed by atoms with Crippen LogP contribution < -0.4 is 10.9 Å². The lowest BCUT2D eigenvalue weighted by Crippen LogP contribution is -2.48. The van der Waals surface area contributed by atoms with Crippen molar-refractivity contribution < 1.29 is 4.79 Å². The number of nitriles is 1. The number of amides is 1. The van der Waals surface area contributed by atoms with Gasteiger partial charge in [0.2, 0.25) is 5.82 Å². The second-order valence-electron chi connectivity index (χ2n) is 11.0. The molecule has 2 aromatic rings. The molecule has 2 fully saturated rings. The zero-order valence-corrected chi connectivity index (χ0v) is 23.5. The van der Waals surface area contributed by atoms with Crippen molar-refractivity contribution in [3.8, 4) is 17.3 Å². The monoisotopic (exact) mass is 538 g/mol. The third-order valence-electron chi connectivity index (χ3n) is 7.25. The molecule has 1 aromatic heterocycles. The number of piperazine rings is 1. The number of hydrogen-bond acceptors (Lipinski definition) is 8. The maximum absolute atomic E-state index is 13.1. The molecule has 2 N–H and O–H groups in total. The van der Waals surface area contributed by atoms with Crippen LogP contribution in [0.3, 0.4) is 0 Å². The Balaban J connectivity index is 1.46. The first-order valence-corrected chi connectivity index (χ1v) is 13.9. The molecule has 204 valence electrons. The van der Waals surface area contributed by atoms with Gasteiger partial charge in [0.05, 0.1) is 22.5 Å². The molecule has 2 saturated heterocycles. The van der Waals surface area contributed by atoms with E-state index >= 15 is 0 Å². The van der Waals surface area contributed by atoms with Crippen LogP contribution in [-0.4, -0.2) is 90.0 Å². The summed E-state index contributed by atoms with van der Waals surface area (Å²) >= 11 is 6.46. The van der Waals surface area contributed by atoms with Crippen molar-refractivity contribution in [2.45, 2.75) is 33.2 Å². The van der Waals surface area contributed by atoms with E-state index in [-0.39, 0.29) is 11.7 Å². The normalized spacial score (nSPS) is 19.4. The lowest BCUT2D eigenvalue weighted by Gasteiger charge is -2.38. The number of benzene rings is 1. The van der Waals surface area contributed by atoms with Crippen LogP contribution in [-0.2, 0) is 6.54 Å². The third kappa shape index (κ3) is 7.71.